The summed E-state index contributed by atoms with van der Waals surface area (Å²) in [7, 11) is 1.78. The smallest absolute Gasteiger partial charge is 0.271 e. The molecule has 15 heavy (non-hydrogen) atoms. The molecule has 2 unspecified atom stereocenters. The summed E-state index contributed by atoms with van der Waals surface area (Å²) < 4.78 is 1.60. The molecule has 0 aliphatic carbocycles. The van der Waals surface area contributed by atoms with Crippen LogP contribution >= 0.6 is 11.6 Å². The molecule has 0 bridgehead atoms. The second-order valence-corrected chi connectivity index (χ2v) is 4.08. The van der Waals surface area contributed by atoms with Crippen LogP contribution in [0, 0.1) is 5.92 Å². The molecular weight excluding hydrogens is 214 g/mol. The van der Waals surface area contributed by atoms with Gasteiger partial charge in [0.1, 0.15) is 5.69 Å². The standard InChI is InChI=1S/C10H16ClN3O/c1-7(6-11)8(2)12-10(15)9-4-5-14(3)13-9/h4-5,7-8H,6H2,1-3H3,(H,12,15). The van der Waals surface area contributed by atoms with Gasteiger partial charge >= 0.3 is 0 Å². The number of amides is 1. The van der Waals surface area contributed by atoms with Gasteiger partial charge < -0.3 is 5.32 Å². The van der Waals surface area contributed by atoms with E-state index in [0.29, 0.717) is 11.6 Å². The van der Waals surface area contributed by atoms with Crippen LogP contribution in [-0.4, -0.2) is 27.6 Å². The fourth-order valence-corrected chi connectivity index (χ4v) is 1.36. The first-order chi connectivity index (χ1) is 7.04. The predicted molar refractivity (Wildman–Crippen MR) is 60.0 cm³/mol. The zero-order valence-electron chi connectivity index (χ0n) is 9.20. The van der Waals surface area contributed by atoms with Gasteiger partial charge in [0, 0.05) is 25.2 Å². The molecule has 1 N–H and O–H groups in total. The zero-order chi connectivity index (χ0) is 11.4. The van der Waals surface area contributed by atoms with Crippen LogP contribution in [-0.2, 0) is 7.05 Å². The van der Waals surface area contributed by atoms with Crippen LogP contribution < -0.4 is 5.32 Å². The molecule has 0 radical (unpaired) electrons. The van der Waals surface area contributed by atoms with E-state index >= 15 is 0 Å². The van der Waals surface area contributed by atoms with Crippen molar-refractivity contribution in [1.29, 1.82) is 0 Å². The average molecular weight is 230 g/mol. The van der Waals surface area contributed by atoms with Crippen LogP contribution in [0.4, 0.5) is 0 Å². The molecule has 0 aliphatic heterocycles. The Morgan fingerprint density at radius 1 is 1.67 bits per heavy atom. The third kappa shape index (κ3) is 3.23. The van der Waals surface area contributed by atoms with Crippen LogP contribution in [0.2, 0.25) is 0 Å². The number of nitrogens with one attached hydrogen (secondary N) is 1. The summed E-state index contributed by atoms with van der Waals surface area (Å²) in [4.78, 5) is 11.7. The first-order valence-electron chi connectivity index (χ1n) is 4.91. The Kier molecular flexibility index (Phi) is 4.15. The Hall–Kier alpha value is -1.03. The van der Waals surface area contributed by atoms with Crippen molar-refractivity contribution < 1.29 is 4.79 Å². The lowest BCUT2D eigenvalue weighted by Crippen LogP contribution is -2.37. The Bertz CT molecular complexity index is 337. The minimum Gasteiger partial charge on any atom is -0.348 e. The Labute approximate surface area is 94.6 Å². The zero-order valence-corrected chi connectivity index (χ0v) is 9.95. The van der Waals surface area contributed by atoms with E-state index < -0.39 is 0 Å². The van der Waals surface area contributed by atoms with Crippen molar-refractivity contribution in [1.82, 2.24) is 15.1 Å². The number of aromatic nitrogens is 2. The van der Waals surface area contributed by atoms with Gasteiger partial charge in [0.05, 0.1) is 0 Å². The second kappa shape index (κ2) is 5.16. The first-order valence-corrected chi connectivity index (χ1v) is 5.44. The SMILES string of the molecule is CC(CCl)C(C)NC(=O)c1ccn(C)n1. The molecule has 0 saturated carbocycles. The molecule has 5 heteroatoms. The third-order valence-corrected chi connectivity index (χ3v) is 2.89. The number of carbonyl (C=O) groups is 1. The van der Waals surface area contributed by atoms with Gasteiger partial charge in [-0.2, -0.15) is 5.10 Å². The summed E-state index contributed by atoms with van der Waals surface area (Å²) in [5, 5.41) is 6.88. The van der Waals surface area contributed by atoms with E-state index in [1.54, 1.807) is 24.0 Å². The quantitative estimate of drug-likeness (QED) is 0.794. The lowest BCUT2D eigenvalue weighted by atomic mass is 10.1. The maximum absolute atomic E-state index is 11.7. The molecule has 0 saturated heterocycles. The number of carbonyl (C=O) groups excluding carboxylic acids is 1. The summed E-state index contributed by atoms with van der Waals surface area (Å²) in [5.41, 5.74) is 0.436. The van der Waals surface area contributed by atoms with E-state index in [-0.39, 0.29) is 17.9 Å². The van der Waals surface area contributed by atoms with Crippen molar-refractivity contribution in [3.63, 3.8) is 0 Å². The van der Waals surface area contributed by atoms with Crippen molar-refractivity contribution in [3.8, 4) is 0 Å². The fraction of sp³-hybridized carbons (Fsp3) is 0.600. The normalized spacial score (nSPS) is 14.7. The highest BCUT2D eigenvalue weighted by atomic mass is 35.5. The summed E-state index contributed by atoms with van der Waals surface area (Å²) >= 11 is 5.71. The van der Waals surface area contributed by atoms with Crippen LogP contribution in [0.5, 0.6) is 0 Å². The number of aryl methyl sites for hydroxylation is 1. The monoisotopic (exact) mass is 229 g/mol. The molecule has 84 valence electrons. The lowest BCUT2D eigenvalue weighted by molar-refractivity contribution is 0.0925. The molecule has 0 fully saturated rings. The first kappa shape index (κ1) is 12.0. The van der Waals surface area contributed by atoms with E-state index in [0.717, 1.165) is 0 Å². The van der Waals surface area contributed by atoms with Gasteiger partial charge in [0.15, 0.2) is 0 Å². The van der Waals surface area contributed by atoms with Crippen LogP contribution in [0.3, 0.4) is 0 Å². The minimum absolute atomic E-state index is 0.0528. The molecule has 1 rings (SSSR count). The van der Waals surface area contributed by atoms with Crippen molar-refractivity contribution in [3.05, 3.63) is 18.0 Å². The Morgan fingerprint density at radius 2 is 2.33 bits per heavy atom. The maximum atomic E-state index is 11.7. The van der Waals surface area contributed by atoms with E-state index in [2.05, 4.69) is 10.4 Å². The summed E-state index contributed by atoms with van der Waals surface area (Å²) in [6.07, 6.45) is 1.74. The number of hydrogen-bond donors (Lipinski definition) is 1. The van der Waals surface area contributed by atoms with Crippen LogP contribution in [0.15, 0.2) is 12.3 Å². The molecule has 0 aliphatic rings. The molecule has 2 atom stereocenters. The highest BCUT2D eigenvalue weighted by molar-refractivity contribution is 6.18. The van der Waals surface area contributed by atoms with Crippen LogP contribution in [0.1, 0.15) is 24.3 Å². The van der Waals surface area contributed by atoms with Gasteiger partial charge in [0.25, 0.3) is 5.91 Å². The average Bonchev–Trinajstić information content (AvgIpc) is 2.63. The van der Waals surface area contributed by atoms with Gasteiger partial charge in [0.2, 0.25) is 0 Å². The molecule has 0 aromatic carbocycles. The highest BCUT2D eigenvalue weighted by Crippen LogP contribution is 2.05. The maximum Gasteiger partial charge on any atom is 0.271 e. The van der Waals surface area contributed by atoms with Crippen molar-refractivity contribution >= 4 is 17.5 Å². The van der Waals surface area contributed by atoms with Gasteiger partial charge in [-0.05, 0) is 18.9 Å². The lowest BCUT2D eigenvalue weighted by Gasteiger charge is -2.18. The van der Waals surface area contributed by atoms with Gasteiger partial charge in [-0.15, -0.1) is 11.6 Å². The van der Waals surface area contributed by atoms with Gasteiger partial charge in [-0.1, -0.05) is 6.92 Å². The number of hydrogen-bond acceptors (Lipinski definition) is 2. The fourth-order valence-electron chi connectivity index (χ4n) is 1.09. The van der Waals surface area contributed by atoms with E-state index in [9.17, 15) is 4.79 Å². The molecular formula is C10H16ClN3O. The molecule has 4 nitrogen and oxygen atoms in total. The van der Waals surface area contributed by atoms with Gasteiger partial charge in [-0.3, -0.25) is 9.48 Å². The Morgan fingerprint density at radius 3 is 2.80 bits per heavy atom. The van der Waals surface area contributed by atoms with E-state index in [4.69, 9.17) is 11.6 Å². The van der Waals surface area contributed by atoms with Crippen LogP contribution in [0.25, 0.3) is 0 Å². The molecule has 1 amide bonds. The second-order valence-electron chi connectivity index (χ2n) is 3.77. The van der Waals surface area contributed by atoms with Gasteiger partial charge in [-0.25, -0.2) is 0 Å². The molecule has 1 aromatic rings. The summed E-state index contributed by atoms with van der Waals surface area (Å²) in [6, 6.07) is 1.74. The topological polar surface area (TPSA) is 46.9 Å². The highest BCUT2D eigenvalue weighted by Gasteiger charge is 2.16. The minimum atomic E-state index is -0.153. The summed E-state index contributed by atoms with van der Waals surface area (Å²) in [6.45, 7) is 3.93. The molecule has 1 heterocycles. The van der Waals surface area contributed by atoms with E-state index in [1.807, 2.05) is 13.8 Å². The number of alkyl halides is 1. The number of halogens is 1. The predicted octanol–water partition coefficient (Wildman–Crippen LogP) is 1.41. The molecule has 0 spiro atoms. The van der Waals surface area contributed by atoms with Crippen molar-refractivity contribution in [2.24, 2.45) is 13.0 Å². The van der Waals surface area contributed by atoms with Crippen molar-refractivity contribution in [2.75, 3.05) is 5.88 Å². The third-order valence-electron chi connectivity index (χ3n) is 2.40. The molecule has 1 aromatic heterocycles. The van der Waals surface area contributed by atoms with Crippen molar-refractivity contribution in [2.45, 2.75) is 19.9 Å². The Balaban J connectivity index is 2.56. The number of rotatable bonds is 4. The summed E-state index contributed by atoms with van der Waals surface area (Å²) in [5.74, 6) is 0.628. The largest absolute Gasteiger partial charge is 0.348 e. The van der Waals surface area contributed by atoms with E-state index in [1.165, 1.54) is 0 Å². The number of nitrogens with zero attached hydrogens (tertiary/aromatic N) is 2.